The number of hydrogen-bond acceptors (Lipinski definition) is 4. The predicted molar refractivity (Wildman–Crippen MR) is 61.3 cm³/mol. The highest BCUT2D eigenvalue weighted by Crippen LogP contribution is 2.32. The lowest BCUT2D eigenvalue weighted by Gasteiger charge is -2.31. The van der Waals surface area contributed by atoms with Crippen LogP contribution in [0.2, 0.25) is 0 Å². The van der Waals surface area contributed by atoms with Crippen molar-refractivity contribution in [3.63, 3.8) is 0 Å². The van der Waals surface area contributed by atoms with E-state index in [0.29, 0.717) is 0 Å². The van der Waals surface area contributed by atoms with Crippen LogP contribution in [-0.4, -0.2) is 29.4 Å². The third-order valence-electron chi connectivity index (χ3n) is 3.27. The highest BCUT2D eigenvalue weighted by molar-refractivity contribution is 6.01. The van der Waals surface area contributed by atoms with Crippen LogP contribution in [0, 0.1) is 0 Å². The van der Waals surface area contributed by atoms with E-state index in [0.717, 1.165) is 43.6 Å². The average molecular weight is 217 g/mol. The van der Waals surface area contributed by atoms with Crippen LogP contribution in [0.5, 0.6) is 0 Å². The third kappa shape index (κ3) is 1.69. The normalized spacial score (nSPS) is 28.9. The summed E-state index contributed by atoms with van der Waals surface area (Å²) in [6, 6.07) is 3.96. The third-order valence-corrected chi connectivity index (χ3v) is 3.27. The molecular weight excluding hydrogens is 202 g/mol. The van der Waals surface area contributed by atoms with E-state index in [1.54, 1.807) is 6.20 Å². The van der Waals surface area contributed by atoms with Crippen molar-refractivity contribution in [3.05, 3.63) is 30.1 Å². The van der Waals surface area contributed by atoms with Crippen molar-refractivity contribution in [2.45, 2.75) is 24.9 Å². The topological polar surface area (TPSA) is 46.5 Å². The molecule has 84 valence electrons. The first-order valence-corrected chi connectivity index (χ1v) is 5.74. The Morgan fingerprint density at radius 3 is 3.19 bits per heavy atom. The number of piperidine rings is 1. The molecule has 4 nitrogen and oxygen atoms in total. The maximum Gasteiger partial charge on any atom is 0.155 e. The van der Waals surface area contributed by atoms with Crippen molar-refractivity contribution in [1.82, 2.24) is 10.3 Å². The van der Waals surface area contributed by atoms with Gasteiger partial charge in [0.2, 0.25) is 0 Å². The molecule has 1 atom stereocenters. The van der Waals surface area contributed by atoms with E-state index in [1.807, 2.05) is 18.3 Å². The molecule has 1 spiro atoms. The van der Waals surface area contributed by atoms with Crippen LogP contribution in [-0.2, 0) is 4.84 Å². The lowest BCUT2D eigenvalue weighted by atomic mass is 9.88. The molecule has 0 aliphatic carbocycles. The summed E-state index contributed by atoms with van der Waals surface area (Å²) < 4.78 is 0. The van der Waals surface area contributed by atoms with E-state index in [2.05, 4.69) is 15.5 Å². The first kappa shape index (κ1) is 9.78. The minimum Gasteiger partial charge on any atom is -0.387 e. The summed E-state index contributed by atoms with van der Waals surface area (Å²) in [5, 5.41) is 7.60. The van der Waals surface area contributed by atoms with Gasteiger partial charge in [-0.05, 0) is 31.5 Å². The smallest absolute Gasteiger partial charge is 0.155 e. The standard InChI is InChI=1S/C12H15N3O/c1-3-10(8-13-5-1)11-7-12(16-15-11)4-2-6-14-9-12/h1,3,5,8,14H,2,4,6-7,9H2. The molecule has 3 heterocycles. The summed E-state index contributed by atoms with van der Waals surface area (Å²) in [5.41, 5.74) is 2.01. The van der Waals surface area contributed by atoms with E-state index in [9.17, 15) is 0 Å². The van der Waals surface area contributed by atoms with Crippen molar-refractivity contribution < 1.29 is 4.84 Å². The fourth-order valence-corrected chi connectivity index (χ4v) is 2.38. The number of nitrogens with one attached hydrogen (secondary N) is 1. The summed E-state index contributed by atoms with van der Waals surface area (Å²) in [7, 11) is 0. The first-order chi connectivity index (χ1) is 7.88. The summed E-state index contributed by atoms with van der Waals surface area (Å²) >= 11 is 0. The molecular formula is C12H15N3O. The van der Waals surface area contributed by atoms with Crippen molar-refractivity contribution in [2.24, 2.45) is 5.16 Å². The van der Waals surface area contributed by atoms with Gasteiger partial charge >= 0.3 is 0 Å². The zero-order valence-electron chi connectivity index (χ0n) is 9.15. The van der Waals surface area contributed by atoms with Crippen LogP contribution in [0.25, 0.3) is 0 Å². The van der Waals surface area contributed by atoms with Gasteiger partial charge in [-0.3, -0.25) is 4.98 Å². The largest absolute Gasteiger partial charge is 0.387 e. The molecule has 1 unspecified atom stereocenters. The summed E-state index contributed by atoms with van der Waals surface area (Å²) in [4.78, 5) is 9.76. The Bertz CT molecular complexity index is 396. The predicted octanol–water partition coefficient (Wildman–Crippen LogP) is 1.33. The molecule has 3 rings (SSSR count). The van der Waals surface area contributed by atoms with Gasteiger partial charge in [-0.15, -0.1) is 0 Å². The molecule has 0 aromatic carbocycles. The van der Waals surface area contributed by atoms with Crippen molar-refractivity contribution in [1.29, 1.82) is 0 Å². The van der Waals surface area contributed by atoms with Gasteiger partial charge in [0.25, 0.3) is 0 Å². The summed E-state index contributed by atoms with van der Waals surface area (Å²) in [6.45, 7) is 1.99. The van der Waals surface area contributed by atoms with Crippen molar-refractivity contribution >= 4 is 5.71 Å². The first-order valence-electron chi connectivity index (χ1n) is 5.74. The minimum atomic E-state index is -0.0938. The summed E-state index contributed by atoms with van der Waals surface area (Å²) in [6.07, 6.45) is 6.77. The van der Waals surface area contributed by atoms with Gasteiger partial charge < -0.3 is 10.2 Å². The van der Waals surface area contributed by atoms with Crippen molar-refractivity contribution in [2.75, 3.05) is 13.1 Å². The van der Waals surface area contributed by atoms with Gasteiger partial charge in [0.15, 0.2) is 5.60 Å². The maximum atomic E-state index is 5.65. The number of hydrogen-bond donors (Lipinski definition) is 1. The van der Waals surface area contributed by atoms with E-state index >= 15 is 0 Å². The maximum absolute atomic E-state index is 5.65. The zero-order valence-corrected chi connectivity index (χ0v) is 9.15. The van der Waals surface area contributed by atoms with E-state index in [-0.39, 0.29) is 5.60 Å². The van der Waals surface area contributed by atoms with Crippen LogP contribution in [0.1, 0.15) is 24.8 Å². The van der Waals surface area contributed by atoms with Gasteiger partial charge in [0, 0.05) is 30.9 Å². The molecule has 2 aliphatic heterocycles. The molecule has 2 aliphatic rings. The molecule has 1 saturated heterocycles. The van der Waals surface area contributed by atoms with Crippen molar-refractivity contribution in [3.8, 4) is 0 Å². The highest BCUT2D eigenvalue weighted by Gasteiger charge is 2.40. The summed E-state index contributed by atoms with van der Waals surface area (Å²) in [5.74, 6) is 0. The quantitative estimate of drug-likeness (QED) is 0.772. The number of rotatable bonds is 1. The molecule has 16 heavy (non-hydrogen) atoms. The molecule has 0 amide bonds. The number of oxime groups is 1. The fourth-order valence-electron chi connectivity index (χ4n) is 2.38. The Labute approximate surface area is 94.7 Å². The average Bonchev–Trinajstić information content (AvgIpc) is 2.75. The van der Waals surface area contributed by atoms with Gasteiger partial charge in [-0.2, -0.15) is 0 Å². The SMILES string of the molecule is c1cncc(C2=NOC3(CCCNC3)C2)c1. The number of aromatic nitrogens is 1. The Kier molecular flexibility index (Phi) is 2.36. The zero-order chi connectivity index (χ0) is 10.8. The second-order valence-electron chi connectivity index (χ2n) is 4.51. The Morgan fingerprint density at radius 1 is 1.44 bits per heavy atom. The van der Waals surface area contributed by atoms with Crippen LogP contribution in [0.4, 0.5) is 0 Å². The lowest BCUT2D eigenvalue weighted by Crippen LogP contribution is -2.45. The van der Waals surface area contributed by atoms with Gasteiger partial charge in [0.1, 0.15) is 0 Å². The van der Waals surface area contributed by atoms with Gasteiger partial charge in [-0.25, -0.2) is 0 Å². The molecule has 1 aromatic rings. The van der Waals surface area contributed by atoms with Crippen LogP contribution in [0.3, 0.4) is 0 Å². The lowest BCUT2D eigenvalue weighted by molar-refractivity contribution is -0.0347. The molecule has 4 heteroatoms. The second kappa shape index (κ2) is 3.87. The number of pyridine rings is 1. The molecule has 0 bridgehead atoms. The van der Waals surface area contributed by atoms with Gasteiger partial charge in [0.05, 0.1) is 5.71 Å². The minimum absolute atomic E-state index is 0.0938. The second-order valence-corrected chi connectivity index (χ2v) is 4.51. The molecule has 0 saturated carbocycles. The Balaban J connectivity index is 1.77. The Morgan fingerprint density at radius 2 is 2.44 bits per heavy atom. The Hall–Kier alpha value is -1.42. The van der Waals surface area contributed by atoms with Crippen LogP contribution >= 0.6 is 0 Å². The van der Waals surface area contributed by atoms with E-state index < -0.39 is 0 Å². The highest BCUT2D eigenvalue weighted by atomic mass is 16.7. The monoisotopic (exact) mass is 217 g/mol. The van der Waals surface area contributed by atoms with Gasteiger partial charge in [-0.1, -0.05) is 5.16 Å². The molecule has 0 radical (unpaired) electrons. The number of nitrogens with zero attached hydrogens (tertiary/aromatic N) is 2. The molecule has 1 aromatic heterocycles. The van der Waals surface area contributed by atoms with Crippen LogP contribution in [0.15, 0.2) is 29.7 Å². The fraction of sp³-hybridized carbons (Fsp3) is 0.500. The van der Waals surface area contributed by atoms with E-state index in [1.165, 1.54) is 0 Å². The van der Waals surface area contributed by atoms with E-state index in [4.69, 9.17) is 4.84 Å². The van der Waals surface area contributed by atoms with Crippen LogP contribution < -0.4 is 5.32 Å². The molecule has 1 N–H and O–H groups in total. The molecule has 1 fully saturated rings.